The van der Waals surface area contributed by atoms with Crippen molar-refractivity contribution in [2.45, 2.75) is 72.3 Å². The van der Waals surface area contributed by atoms with E-state index in [1.165, 1.54) is 12.3 Å². The number of carbonyl (C=O) groups is 3. The highest BCUT2D eigenvalue weighted by Gasteiger charge is 2.26. The van der Waals surface area contributed by atoms with Gasteiger partial charge in [-0.1, -0.05) is 27.7 Å². The van der Waals surface area contributed by atoms with Crippen LogP contribution < -0.4 is 5.32 Å². The van der Waals surface area contributed by atoms with Crippen molar-refractivity contribution in [1.29, 1.82) is 0 Å². The number of nitrogens with one attached hydrogen (secondary N) is 1. The quantitative estimate of drug-likeness (QED) is 0.426. The van der Waals surface area contributed by atoms with Crippen molar-refractivity contribution in [3.05, 3.63) is 30.2 Å². The van der Waals surface area contributed by atoms with E-state index in [9.17, 15) is 14.4 Å². The molecular weight excluding hydrogens is 394 g/mol. The summed E-state index contributed by atoms with van der Waals surface area (Å²) in [6.45, 7) is 10.8. The molecule has 0 aliphatic carbocycles. The van der Waals surface area contributed by atoms with Gasteiger partial charge in [0.2, 0.25) is 17.7 Å². The third-order valence-electron chi connectivity index (χ3n) is 4.84. The van der Waals surface area contributed by atoms with E-state index in [0.29, 0.717) is 31.9 Å². The molecule has 31 heavy (non-hydrogen) atoms. The number of amides is 3. The Kier molecular flexibility index (Phi) is 13.0. The first-order valence-electron chi connectivity index (χ1n) is 11.5. The fraction of sp³-hybridized carbons (Fsp3) is 0.625. The average Bonchev–Trinajstić information content (AvgIpc) is 3.28. The highest BCUT2D eigenvalue weighted by atomic mass is 16.3. The lowest BCUT2D eigenvalue weighted by molar-refractivity contribution is -0.137. The van der Waals surface area contributed by atoms with Crippen LogP contribution in [0.5, 0.6) is 0 Å². The summed E-state index contributed by atoms with van der Waals surface area (Å²) < 4.78 is 5.20. The molecule has 7 nitrogen and oxygen atoms in total. The van der Waals surface area contributed by atoms with Crippen LogP contribution in [0.1, 0.15) is 72.0 Å². The Hall–Kier alpha value is -2.57. The minimum Gasteiger partial charge on any atom is -0.465 e. The monoisotopic (exact) mass is 433 g/mol. The Balaban J connectivity index is 2.88. The largest absolute Gasteiger partial charge is 0.465 e. The second-order valence-corrected chi connectivity index (χ2v) is 7.65. The third kappa shape index (κ3) is 9.85. The van der Waals surface area contributed by atoms with Crippen molar-refractivity contribution in [2.75, 3.05) is 26.2 Å². The molecule has 3 amide bonds. The lowest BCUT2D eigenvalue weighted by atomic mass is 10.1. The van der Waals surface area contributed by atoms with Gasteiger partial charge in [0.1, 0.15) is 11.8 Å². The molecule has 0 fully saturated rings. The highest BCUT2D eigenvalue weighted by Crippen LogP contribution is 2.09. The van der Waals surface area contributed by atoms with Gasteiger partial charge in [0.15, 0.2) is 0 Å². The van der Waals surface area contributed by atoms with Crippen LogP contribution in [0.3, 0.4) is 0 Å². The van der Waals surface area contributed by atoms with Gasteiger partial charge in [-0.2, -0.15) is 0 Å². The summed E-state index contributed by atoms with van der Waals surface area (Å²) in [5.74, 6) is 0.0730. The SMILES string of the molecule is CCCN(CCC)C(=O)CCC(NC(=O)/C=C/c1ccco1)C(=O)N(CCC)CCC. The Morgan fingerprint density at radius 3 is 2.06 bits per heavy atom. The van der Waals surface area contributed by atoms with Gasteiger partial charge in [0, 0.05) is 38.7 Å². The molecule has 0 aliphatic rings. The van der Waals surface area contributed by atoms with Crippen molar-refractivity contribution >= 4 is 23.8 Å². The molecule has 0 bridgehead atoms. The van der Waals surface area contributed by atoms with E-state index in [0.717, 1.165) is 25.7 Å². The minimum atomic E-state index is -0.735. The summed E-state index contributed by atoms with van der Waals surface area (Å²) >= 11 is 0. The fourth-order valence-electron chi connectivity index (χ4n) is 3.44. The van der Waals surface area contributed by atoms with Crippen LogP contribution in [-0.4, -0.2) is 59.7 Å². The van der Waals surface area contributed by atoms with E-state index in [1.54, 1.807) is 23.1 Å². The molecule has 7 heteroatoms. The maximum atomic E-state index is 13.2. The molecular formula is C24H39N3O4. The van der Waals surface area contributed by atoms with Crippen LogP contribution in [0.25, 0.3) is 6.08 Å². The molecule has 0 radical (unpaired) electrons. The molecule has 1 atom stereocenters. The zero-order valence-corrected chi connectivity index (χ0v) is 19.6. The van der Waals surface area contributed by atoms with E-state index in [4.69, 9.17) is 4.42 Å². The molecule has 0 spiro atoms. The molecule has 1 N–H and O–H groups in total. The Labute approximate surface area is 186 Å². The number of nitrogens with zero attached hydrogens (tertiary/aromatic N) is 2. The van der Waals surface area contributed by atoms with Gasteiger partial charge in [-0.05, 0) is 50.3 Å². The van der Waals surface area contributed by atoms with E-state index >= 15 is 0 Å². The zero-order valence-electron chi connectivity index (χ0n) is 19.6. The number of hydrogen-bond acceptors (Lipinski definition) is 4. The topological polar surface area (TPSA) is 82.9 Å². The van der Waals surface area contributed by atoms with E-state index in [2.05, 4.69) is 5.32 Å². The molecule has 174 valence electrons. The van der Waals surface area contributed by atoms with Crippen LogP contribution in [0, 0.1) is 0 Å². The summed E-state index contributed by atoms with van der Waals surface area (Å²) in [6.07, 6.45) is 8.41. The van der Waals surface area contributed by atoms with Crippen LogP contribution in [0.15, 0.2) is 28.9 Å². The summed E-state index contributed by atoms with van der Waals surface area (Å²) in [5.41, 5.74) is 0. The second kappa shape index (κ2) is 15.3. The Morgan fingerprint density at radius 2 is 1.55 bits per heavy atom. The molecule has 0 saturated carbocycles. The van der Waals surface area contributed by atoms with Crippen molar-refractivity contribution in [3.63, 3.8) is 0 Å². The van der Waals surface area contributed by atoms with Gasteiger partial charge in [-0.3, -0.25) is 14.4 Å². The molecule has 0 saturated heterocycles. The van der Waals surface area contributed by atoms with Gasteiger partial charge in [0.25, 0.3) is 0 Å². The number of rotatable bonds is 15. The molecule has 1 unspecified atom stereocenters. The van der Waals surface area contributed by atoms with Crippen LogP contribution >= 0.6 is 0 Å². The lowest BCUT2D eigenvalue weighted by Gasteiger charge is -2.28. The first-order chi connectivity index (χ1) is 15.0. The maximum Gasteiger partial charge on any atom is 0.245 e. The summed E-state index contributed by atoms with van der Waals surface area (Å²) in [6, 6.07) is 2.74. The van der Waals surface area contributed by atoms with Gasteiger partial charge in [0.05, 0.1) is 6.26 Å². The lowest BCUT2D eigenvalue weighted by Crippen LogP contribution is -2.49. The standard InChI is InChI=1S/C24H39N3O4/c1-5-15-26(16-6-2)23(29)14-12-21(24(30)27(17-7-3)18-8-4)25-22(28)13-11-20-10-9-19-31-20/h9-11,13,19,21H,5-8,12,14-18H2,1-4H3,(H,25,28)/b13-11+. The molecule has 0 aromatic carbocycles. The summed E-state index contributed by atoms with van der Waals surface area (Å²) in [7, 11) is 0. The van der Waals surface area contributed by atoms with Crippen LogP contribution in [0.2, 0.25) is 0 Å². The maximum absolute atomic E-state index is 13.2. The Bertz CT molecular complexity index is 673. The molecule has 1 heterocycles. The number of furan rings is 1. The zero-order chi connectivity index (χ0) is 23.1. The van der Waals surface area contributed by atoms with Gasteiger partial charge in [-0.15, -0.1) is 0 Å². The molecule has 0 aliphatic heterocycles. The molecule has 1 aromatic rings. The average molecular weight is 434 g/mol. The smallest absolute Gasteiger partial charge is 0.245 e. The second-order valence-electron chi connectivity index (χ2n) is 7.65. The Morgan fingerprint density at radius 1 is 0.968 bits per heavy atom. The van der Waals surface area contributed by atoms with E-state index in [-0.39, 0.29) is 30.6 Å². The van der Waals surface area contributed by atoms with Crippen molar-refractivity contribution < 1.29 is 18.8 Å². The predicted molar refractivity (Wildman–Crippen MR) is 123 cm³/mol. The van der Waals surface area contributed by atoms with Crippen LogP contribution in [0.4, 0.5) is 0 Å². The third-order valence-corrected chi connectivity index (χ3v) is 4.84. The number of hydrogen-bond donors (Lipinski definition) is 1. The first kappa shape index (κ1) is 26.5. The van der Waals surface area contributed by atoms with Gasteiger partial charge < -0.3 is 19.5 Å². The van der Waals surface area contributed by atoms with Crippen molar-refractivity contribution in [3.8, 4) is 0 Å². The molecule has 1 aromatic heterocycles. The van der Waals surface area contributed by atoms with Gasteiger partial charge >= 0.3 is 0 Å². The highest BCUT2D eigenvalue weighted by molar-refractivity contribution is 5.95. The fourth-order valence-corrected chi connectivity index (χ4v) is 3.44. The van der Waals surface area contributed by atoms with Crippen LogP contribution in [-0.2, 0) is 14.4 Å². The summed E-state index contributed by atoms with van der Waals surface area (Å²) in [4.78, 5) is 42.0. The minimum absolute atomic E-state index is 0.0272. The first-order valence-corrected chi connectivity index (χ1v) is 11.5. The van der Waals surface area contributed by atoms with E-state index < -0.39 is 6.04 Å². The van der Waals surface area contributed by atoms with Crippen molar-refractivity contribution in [2.24, 2.45) is 0 Å². The van der Waals surface area contributed by atoms with Gasteiger partial charge in [-0.25, -0.2) is 0 Å². The summed E-state index contributed by atoms with van der Waals surface area (Å²) in [5, 5.41) is 2.81. The predicted octanol–water partition coefficient (Wildman–Crippen LogP) is 3.86. The normalized spacial score (nSPS) is 12.0. The van der Waals surface area contributed by atoms with Crippen molar-refractivity contribution in [1.82, 2.24) is 15.1 Å². The van der Waals surface area contributed by atoms with E-state index in [1.807, 2.05) is 32.6 Å². The number of carbonyl (C=O) groups excluding carboxylic acids is 3. The molecule has 1 rings (SSSR count).